The Morgan fingerprint density at radius 2 is 1.57 bits per heavy atom. The number of imidazole rings is 1. The fraction of sp³-hybridized carbons (Fsp3) is 0.267. The first-order valence-electron chi connectivity index (χ1n) is 9.28. The predicted octanol–water partition coefficient (Wildman–Crippen LogP) is 0.928. The summed E-state index contributed by atoms with van der Waals surface area (Å²) in [4.78, 5) is 66.3. The van der Waals surface area contributed by atoms with Gasteiger partial charge in [-0.3, -0.25) is 18.5 Å². The van der Waals surface area contributed by atoms with E-state index in [0.29, 0.717) is 0 Å². The van der Waals surface area contributed by atoms with E-state index in [4.69, 9.17) is 9.79 Å². The van der Waals surface area contributed by atoms with Crippen LogP contribution in [-0.4, -0.2) is 44.9 Å². The molecular weight excluding hydrogens is 553 g/mol. The zero-order valence-corrected chi connectivity index (χ0v) is 21.4. The van der Waals surface area contributed by atoms with Crippen LogP contribution in [-0.2, 0) is 47.5 Å². The average molecular weight is 572 g/mol. The second-order valence-electron chi connectivity index (χ2n) is 6.76. The Morgan fingerprint density at radius 1 is 0.943 bits per heavy atom. The van der Waals surface area contributed by atoms with Crippen LogP contribution in [0.2, 0.25) is 0 Å². The zero-order chi connectivity index (χ0) is 26.2. The van der Waals surface area contributed by atoms with Gasteiger partial charge in [-0.2, -0.15) is 8.62 Å². The highest BCUT2D eigenvalue weighted by molar-refractivity contribution is 7.99. The molecule has 0 aliphatic rings. The van der Waals surface area contributed by atoms with Crippen LogP contribution >= 0.6 is 35.2 Å². The van der Waals surface area contributed by atoms with Crippen molar-refractivity contribution in [2.75, 3.05) is 6.61 Å². The molecule has 16 nitrogen and oxygen atoms in total. The topological polar surface area (TPSA) is 222 Å². The van der Waals surface area contributed by atoms with Crippen molar-refractivity contribution >= 4 is 46.4 Å². The Hall–Kier alpha value is -1.87. The third-order valence-electron chi connectivity index (χ3n) is 4.25. The number of hydrogen-bond acceptors (Lipinski definition) is 10. The summed E-state index contributed by atoms with van der Waals surface area (Å²) in [6, 6.07) is 8.84. The predicted molar refractivity (Wildman–Crippen MR) is 121 cm³/mol. The van der Waals surface area contributed by atoms with Crippen LogP contribution in [0.15, 0.2) is 50.0 Å². The summed E-state index contributed by atoms with van der Waals surface area (Å²) in [5.74, 6) is 0. The first-order valence-corrected chi connectivity index (χ1v) is 14.6. The number of nitrogens with zero attached hydrogens (tertiary/aromatic N) is 4. The number of benzene rings is 1. The first-order chi connectivity index (χ1) is 16.1. The maximum absolute atomic E-state index is 12.8. The monoisotopic (exact) mass is 572 g/mol. The molecular formula is C15H19N4O12P3S. The molecule has 3 aromatic rings. The van der Waals surface area contributed by atoms with Gasteiger partial charge in [0.2, 0.25) is 0 Å². The maximum Gasteiger partial charge on any atom is 0.490 e. The van der Waals surface area contributed by atoms with Gasteiger partial charge in [-0.1, -0.05) is 30.0 Å². The molecule has 4 N–H and O–H groups in total. The summed E-state index contributed by atoms with van der Waals surface area (Å²) in [6.45, 7) is -1.01. The average Bonchev–Trinajstić information content (AvgIpc) is 3.07. The zero-order valence-electron chi connectivity index (χ0n) is 17.9. The van der Waals surface area contributed by atoms with Crippen molar-refractivity contribution in [1.29, 1.82) is 0 Å². The lowest BCUT2D eigenvalue weighted by Crippen LogP contribution is -2.37. The Labute approximate surface area is 200 Å². The standard InChI is InChI=1S/C15H19N4O12P3S/c1-17-12-11(13(20)18(2)15(17)21)19(14(16-12)35-10-6-4-3-5-7-10)8-9-29-33(25,26)31-34(27,28)30-32(22,23)24/h3-7H,8-9H2,1-2H3,(H,25,26)(H,27,28)(H2,22,23,24). The highest BCUT2D eigenvalue weighted by Crippen LogP contribution is 2.66. The summed E-state index contributed by atoms with van der Waals surface area (Å²) in [5, 5.41) is 0.222. The SMILES string of the molecule is Cn1c(=O)c2c(nc(Sc3ccccc3)n2CCOP(=O)(O)OP(=O)(O)OP(=O)(O)O)n(C)c1=O. The Bertz CT molecular complexity index is 1510. The highest BCUT2D eigenvalue weighted by atomic mass is 32.2. The molecule has 20 heteroatoms. The van der Waals surface area contributed by atoms with Gasteiger partial charge in [0, 0.05) is 25.5 Å². The molecule has 35 heavy (non-hydrogen) atoms. The molecule has 1 aromatic carbocycles. The maximum atomic E-state index is 12.8. The molecule has 2 unspecified atom stereocenters. The van der Waals surface area contributed by atoms with Gasteiger partial charge in [0.15, 0.2) is 16.3 Å². The van der Waals surface area contributed by atoms with Gasteiger partial charge in [-0.05, 0) is 12.1 Å². The molecule has 0 bridgehead atoms. The number of phosphoric acid groups is 3. The molecule has 0 radical (unpaired) electrons. The van der Waals surface area contributed by atoms with E-state index in [-0.39, 0.29) is 22.9 Å². The summed E-state index contributed by atoms with van der Waals surface area (Å²) >= 11 is 1.12. The quantitative estimate of drug-likeness (QED) is 0.248. The number of hydrogen-bond donors (Lipinski definition) is 4. The largest absolute Gasteiger partial charge is 0.490 e. The molecule has 192 valence electrons. The third kappa shape index (κ3) is 6.88. The summed E-state index contributed by atoms with van der Waals surface area (Å²) in [7, 11) is -13.9. The molecule has 3 rings (SSSR count). The van der Waals surface area contributed by atoms with Crippen molar-refractivity contribution in [3.05, 3.63) is 51.2 Å². The summed E-state index contributed by atoms with van der Waals surface area (Å²) < 4.78 is 49.5. The first kappa shape index (κ1) is 27.7. The number of aromatic nitrogens is 4. The van der Waals surface area contributed by atoms with Gasteiger partial charge in [-0.25, -0.2) is 23.5 Å². The van der Waals surface area contributed by atoms with E-state index < -0.39 is 41.3 Å². The van der Waals surface area contributed by atoms with E-state index in [1.165, 1.54) is 18.7 Å². The lowest BCUT2D eigenvalue weighted by molar-refractivity contribution is 0.167. The van der Waals surface area contributed by atoms with Gasteiger partial charge in [0.25, 0.3) is 5.56 Å². The molecule has 0 aliphatic carbocycles. The molecule has 2 heterocycles. The molecule has 0 fully saturated rings. The minimum Gasteiger partial charge on any atom is -0.310 e. The molecule has 2 atom stereocenters. The van der Waals surface area contributed by atoms with Crippen molar-refractivity contribution in [2.24, 2.45) is 14.1 Å². The fourth-order valence-electron chi connectivity index (χ4n) is 2.86. The van der Waals surface area contributed by atoms with Crippen molar-refractivity contribution in [2.45, 2.75) is 16.6 Å². The van der Waals surface area contributed by atoms with Crippen LogP contribution in [0.1, 0.15) is 0 Å². The number of fused-ring (bicyclic) bond motifs is 1. The van der Waals surface area contributed by atoms with Gasteiger partial charge in [-0.15, -0.1) is 0 Å². The van der Waals surface area contributed by atoms with E-state index in [0.717, 1.165) is 25.8 Å². The van der Waals surface area contributed by atoms with Gasteiger partial charge >= 0.3 is 29.2 Å². The summed E-state index contributed by atoms with van der Waals surface area (Å²) in [5.41, 5.74) is -1.32. The second kappa shape index (κ2) is 10.2. The number of aryl methyl sites for hydroxylation is 1. The molecule has 0 aliphatic heterocycles. The molecule has 0 spiro atoms. The van der Waals surface area contributed by atoms with Gasteiger partial charge < -0.3 is 24.1 Å². The van der Waals surface area contributed by atoms with E-state index in [2.05, 4.69) is 18.1 Å². The van der Waals surface area contributed by atoms with Crippen LogP contribution in [0.3, 0.4) is 0 Å². The van der Waals surface area contributed by atoms with Crippen LogP contribution in [0.25, 0.3) is 11.2 Å². The molecule has 0 amide bonds. The normalized spacial score (nSPS) is 15.7. The van der Waals surface area contributed by atoms with E-state index >= 15 is 0 Å². The second-order valence-corrected chi connectivity index (χ2v) is 12.2. The van der Waals surface area contributed by atoms with E-state index in [1.54, 1.807) is 30.3 Å². The van der Waals surface area contributed by atoms with E-state index in [9.17, 15) is 33.1 Å². The summed E-state index contributed by atoms with van der Waals surface area (Å²) in [6.07, 6.45) is 0. The number of rotatable bonds is 10. The van der Waals surface area contributed by atoms with Crippen LogP contribution in [0.5, 0.6) is 0 Å². The lowest BCUT2D eigenvalue weighted by Gasteiger charge is -2.16. The van der Waals surface area contributed by atoms with Crippen molar-refractivity contribution in [3.63, 3.8) is 0 Å². The van der Waals surface area contributed by atoms with E-state index in [1.807, 2.05) is 0 Å². The van der Waals surface area contributed by atoms with Crippen molar-refractivity contribution in [3.8, 4) is 0 Å². The van der Waals surface area contributed by atoms with Crippen LogP contribution in [0, 0.1) is 0 Å². The van der Waals surface area contributed by atoms with Crippen molar-refractivity contribution in [1.82, 2.24) is 18.7 Å². The molecule has 0 saturated carbocycles. The lowest BCUT2D eigenvalue weighted by atomic mass is 10.4. The Balaban J connectivity index is 1.92. The highest BCUT2D eigenvalue weighted by Gasteiger charge is 2.40. The molecule has 0 saturated heterocycles. The molecule has 2 aromatic heterocycles. The van der Waals surface area contributed by atoms with Crippen LogP contribution in [0.4, 0.5) is 0 Å². The fourth-order valence-corrected chi connectivity index (χ4v) is 6.79. The smallest absolute Gasteiger partial charge is 0.310 e. The van der Waals surface area contributed by atoms with Gasteiger partial charge in [0.1, 0.15) is 0 Å². The Kier molecular flexibility index (Phi) is 8.11. The Morgan fingerprint density at radius 3 is 2.17 bits per heavy atom. The third-order valence-corrected chi connectivity index (χ3v) is 9.09. The minimum atomic E-state index is -5.67. The van der Waals surface area contributed by atoms with Gasteiger partial charge in [0.05, 0.1) is 6.61 Å². The van der Waals surface area contributed by atoms with Crippen molar-refractivity contribution < 1.29 is 46.4 Å². The number of phosphoric ester groups is 1. The minimum absolute atomic E-state index is 0.0250. The van der Waals surface area contributed by atoms with Crippen LogP contribution < -0.4 is 11.2 Å².